The SMILES string of the molecule is C=CCC(CCc1ccccc1)=C(I)I. The number of aryl methyl sites for hydroxylation is 1. The molecule has 0 aliphatic rings. The second kappa shape index (κ2) is 7.44. The zero-order valence-electron chi connectivity index (χ0n) is 8.55. The van der Waals surface area contributed by atoms with Crippen LogP contribution in [0.1, 0.15) is 18.4 Å². The van der Waals surface area contributed by atoms with Gasteiger partial charge >= 0.3 is 0 Å². The lowest BCUT2D eigenvalue weighted by atomic mass is 10.0. The minimum Gasteiger partial charge on any atom is -0.103 e. The van der Waals surface area contributed by atoms with E-state index in [1.807, 2.05) is 6.08 Å². The number of benzene rings is 1. The minimum atomic E-state index is 1.01. The van der Waals surface area contributed by atoms with E-state index in [1.165, 1.54) is 12.7 Å². The lowest BCUT2D eigenvalue weighted by Crippen LogP contribution is -1.89. The van der Waals surface area contributed by atoms with Crippen LogP contribution in [-0.4, -0.2) is 0 Å². The van der Waals surface area contributed by atoms with Crippen LogP contribution in [0.2, 0.25) is 0 Å². The Kier molecular flexibility index (Phi) is 6.56. The highest BCUT2D eigenvalue weighted by Crippen LogP contribution is 2.26. The van der Waals surface area contributed by atoms with Crippen molar-refractivity contribution in [3.63, 3.8) is 0 Å². The third-order valence-electron chi connectivity index (χ3n) is 2.22. The first kappa shape index (κ1) is 13.2. The van der Waals surface area contributed by atoms with Crippen molar-refractivity contribution in [1.82, 2.24) is 0 Å². The summed E-state index contributed by atoms with van der Waals surface area (Å²) in [6.07, 6.45) is 5.25. The quantitative estimate of drug-likeness (QED) is 0.446. The Bertz CT molecular complexity index is 335. The molecule has 0 fully saturated rings. The van der Waals surface area contributed by atoms with Gasteiger partial charge in [0.15, 0.2) is 0 Å². The van der Waals surface area contributed by atoms with E-state index in [4.69, 9.17) is 0 Å². The van der Waals surface area contributed by atoms with E-state index in [1.54, 1.807) is 0 Å². The summed E-state index contributed by atoms with van der Waals surface area (Å²) < 4.78 is 1.38. The second-order valence-electron chi connectivity index (χ2n) is 3.34. The topological polar surface area (TPSA) is 0 Å². The minimum absolute atomic E-state index is 1.01. The molecule has 0 saturated carbocycles. The molecule has 2 heteroatoms. The fourth-order valence-corrected chi connectivity index (χ4v) is 2.37. The lowest BCUT2D eigenvalue weighted by molar-refractivity contribution is 0.915. The predicted octanol–water partition coefficient (Wildman–Crippen LogP) is 5.28. The van der Waals surface area contributed by atoms with Gasteiger partial charge in [0, 0.05) is 0 Å². The summed E-state index contributed by atoms with van der Waals surface area (Å²) in [5, 5.41) is 0. The van der Waals surface area contributed by atoms with E-state index < -0.39 is 0 Å². The van der Waals surface area contributed by atoms with Crippen molar-refractivity contribution in [2.75, 3.05) is 0 Å². The van der Waals surface area contributed by atoms with Gasteiger partial charge in [-0.25, -0.2) is 0 Å². The summed E-state index contributed by atoms with van der Waals surface area (Å²) in [7, 11) is 0. The molecule has 0 spiro atoms. The Balaban J connectivity index is 2.55. The summed E-state index contributed by atoms with van der Waals surface area (Å²) in [6, 6.07) is 10.6. The Labute approximate surface area is 119 Å². The fourth-order valence-electron chi connectivity index (χ4n) is 1.39. The Morgan fingerprint density at radius 2 is 1.87 bits per heavy atom. The Hall–Kier alpha value is 0.160. The van der Waals surface area contributed by atoms with Crippen molar-refractivity contribution in [3.8, 4) is 0 Å². The average Bonchev–Trinajstić information content (AvgIpc) is 2.25. The van der Waals surface area contributed by atoms with E-state index in [0.29, 0.717) is 0 Å². The molecule has 0 bridgehead atoms. The Morgan fingerprint density at radius 3 is 2.40 bits per heavy atom. The summed E-state index contributed by atoms with van der Waals surface area (Å²) in [6.45, 7) is 3.80. The van der Waals surface area contributed by atoms with E-state index in [9.17, 15) is 0 Å². The van der Waals surface area contributed by atoms with Crippen LogP contribution >= 0.6 is 45.2 Å². The molecule has 0 atom stereocenters. The highest BCUT2D eigenvalue weighted by molar-refractivity contribution is 14.2. The number of rotatable bonds is 5. The number of allylic oxidation sites excluding steroid dienone is 2. The van der Waals surface area contributed by atoms with Crippen LogP contribution in [0.3, 0.4) is 0 Å². The molecule has 1 aromatic rings. The third-order valence-corrected chi connectivity index (χ3v) is 3.74. The zero-order chi connectivity index (χ0) is 11.1. The first-order chi connectivity index (χ1) is 7.24. The molecule has 0 heterocycles. The number of hydrogen-bond donors (Lipinski definition) is 0. The summed E-state index contributed by atoms with van der Waals surface area (Å²) >= 11 is 4.78. The van der Waals surface area contributed by atoms with Crippen LogP contribution < -0.4 is 0 Å². The summed E-state index contributed by atoms with van der Waals surface area (Å²) in [5.41, 5.74) is 2.91. The molecule has 0 saturated heterocycles. The molecule has 0 unspecified atom stereocenters. The van der Waals surface area contributed by atoms with Crippen molar-refractivity contribution >= 4 is 45.2 Å². The van der Waals surface area contributed by atoms with Gasteiger partial charge in [-0.2, -0.15) is 0 Å². The molecular weight excluding hydrogens is 410 g/mol. The van der Waals surface area contributed by atoms with Gasteiger partial charge in [0.2, 0.25) is 0 Å². The molecule has 0 amide bonds. The van der Waals surface area contributed by atoms with Crippen LogP contribution in [0.4, 0.5) is 0 Å². The van der Waals surface area contributed by atoms with Crippen LogP contribution in [0.5, 0.6) is 0 Å². The second-order valence-corrected chi connectivity index (χ2v) is 7.56. The van der Waals surface area contributed by atoms with Gasteiger partial charge in [-0.05, 0) is 75.6 Å². The maximum absolute atomic E-state index is 3.80. The molecular formula is C13H14I2. The van der Waals surface area contributed by atoms with Gasteiger partial charge in [-0.15, -0.1) is 6.58 Å². The first-order valence-corrected chi connectivity index (χ1v) is 7.07. The van der Waals surface area contributed by atoms with Gasteiger partial charge in [-0.3, -0.25) is 0 Å². The van der Waals surface area contributed by atoms with Gasteiger partial charge in [-0.1, -0.05) is 36.4 Å². The maximum atomic E-state index is 3.80. The third kappa shape index (κ3) is 5.15. The molecule has 1 rings (SSSR count). The molecule has 15 heavy (non-hydrogen) atoms. The summed E-state index contributed by atoms with van der Waals surface area (Å²) in [4.78, 5) is 0. The molecule has 0 aliphatic heterocycles. The van der Waals surface area contributed by atoms with Crippen LogP contribution in [0.15, 0.2) is 50.1 Å². The molecule has 0 nitrogen and oxygen atoms in total. The van der Waals surface area contributed by atoms with Crippen LogP contribution in [0, 0.1) is 0 Å². The number of hydrogen-bond acceptors (Lipinski definition) is 0. The molecule has 80 valence electrons. The van der Waals surface area contributed by atoms with Gasteiger partial charge < -0.3 is 0 Å². The Morgan fingerprint density at radius 1 is 1.20 bits per heavy atom. The monoisotopic (exact) mass is 424 g/mol. The predicted molar refractivity (Wildman–Crippen MR) is 84.6 cm³/mol. The smallest absolute Gasteiger partial charge is 0.0509 e. The van der Waals surface area contributed by atoms with E-state index in [0.717, 1.165) is 19.3 Å². The van der Waals surface area contributed by atoms with Gasteiger partial charge in [0.1, 0.15) is 0 Å². The largest absolute Gasteiger partial charge is 0.103 e. The molecule has 0 aromatic heterocycles. The van der Waals surface area contributed by atoms with Crippen molar-refractivity contribution in [1.29, 1.82) is 0 Å². The van der Waals surface area contributed by atoms with Crippen LogP contribution in [0.25, 0.3) is 0 Å². The van der Waals surface area contributed by atoms with E-state index in [2.05, 4.69) is 82.1 Å². The molecule has 1 aromatic carbocycles. The highest BCUT2D eigenvalue weighted by atomic mass is 127. The molecule has 0 radical (unpaired) electrons. The normalized spacial score (nSPS) is 9.73. The molecule has 0 aliphatic carbocycles. The lowest BCUT2D eigenvalue weighted by Gasteiger charge is -2.05. The zero-order valence-corrected chi connectivity index (χ0v) is 12.9. The number of halogens is 2. The van der Waals surface area contributed by atoms with Crippen LogP contribution in [-0.2, 0) is 6.42 Å². The van der Waals surface area contributed by atoms with Crippen molar-refractivity contribution < 1.29 is 0 Å². The highest BCUT2D eigenvalue weighted by Gasteiger charge is 2.01. The standard InChI is InChI=1S/C13H14I2/c1-2-6-12(13(14)15)10-9-11-7-4-3-5-8-11/h2-5,7-8H,1,6,9-10H2. The van der Waals surface area contributed by atoms with Crippen molar-refractivity contribution in [2.24, 2.45) is 0 Å². The first-order valence-electron chi connectivity index (χ1n) is 4.92. The van der Waals surface area contributed by atoms with Crippen molar-refractivity contribution in [2.45, 2.75) is 19.3 Å². The van der Waals surface area contributed by atoms with Gasteiger partial charge in [0.25, 0.3) is 0 Å². The van der Waals surface area contributed by atoms with Gasteiger partial charge in [0.05, 0.1) is 1.59 Å². The molecule has 0 N–H and O–H groups in total. The fraction of sp³-hybridized carbons (Fsp3) is 0.231. The average molecular weight is 424 g/mol. The van der Waals surface area contributed by atoms with E-state index >= 15 is 0 Å². The summed E-state index contributed by atoms with van der Waals surface area (Å²) in [5.74, 6) is 0. The van der Waals surface area contributed by atoms with E-state index in [-0.39, 0.29) is 0 Å². The van der Waals surface area contributed by atoms with Crippen molar-refractivity contribution in [3.05, 3.63) is 55.7 Å². The maximum Gasteiger partial charge on any atom is 0.0509 e.